The molecule has 0 saturated carbocycles. The van der Waals surface area contributed by atoms with Gasteiger partial charge in [-0.05, 0) is 13.0 Å². The van der Waals surface area contributed by atoms with Crippen LogP contribution < -0.4 is 20.6 Å². The van der Waals surface area contributed by atoms with Gasteiger partial charge in [-0.3, -0.25) is 15.5 Å². The van der Waals surface area contributed by atoms with Crippen molar-refractivity contribution >= 4 is 17.7 Å². The molecule has 150 valence electrons. The number of ether oxygens (including phenoxy) is 2. The van der Waals surface area contributed by atoms with Gasteiger partial charge in [0.25, 0.3) is 0 Å². The number of hydrogen-bond acceptors (Lipinski definition) is 9. The van der Waals surface area contributed by atoms with Crippen LogP contribution in [-0.2, 0) is 5.41 Å². The normalized spacial score (nSPS) is 11.5. The third-order valence-corrected chi connectivity index (χ3v) is 3.55. The van der Waals surface area contributed by atoms with Crippen LogP contribution in [0, 0.1) is 10.1 Å². The predicted octanol–water partition coefficient (Wildman–Crippen LogP) is 2.22. The Bertz CT molecular complexity index is 948. The van der Waals surface area contributed by atoms with Gasteiger partial charge in [-0.2, -0.15) is 15.2 Å². The van der Waals surface area contributed by atoms with Gasteiger partial charge in [-0.25, -0.2) is 9.89 Å². The van der Waals surface area contributed by atoms with E-state index in [0.29, 0.717) is 17.9 Å². The number of hydrazone groups is 1. The number of nitro groups is 1. The summed E-state index contributed by atoms with van der Waals surface area (Å²) in [6, 6.07) is 2.87. The Kier molecular flexibility index (Phi) is 6.29. The number of rotatable bonds is 7. The molecule has 1 heterocycles. The molecule has 0 spiro atoms. The number of aromatic amines is 1. The van der Waals surface area contributed by atoms with Gasteiger partial charge >= 0.3 is 11.4 Å². The maximum absolute atomic E-state index is 11.5. The van der Waals surface area contributed by atoms with Gasteiger partial charge in [-0.1, -0.05) is 20.8 Å². The molecule has 11 nitrogen and oxygen atoms in total. The molecule has 0 aliphatic carbocycles. The highest BCUT2D eigenvalue weighted by molar-refractivity contribution is 5.83. The predicted molar refractivity (Wildman–Crippen MR) is 103 cm³/mol. The number of nitrogens with zero attached hydrogens (tertiary/aromatic N) is 4. The van der Waals surface area contributed by atoms with Crippen LogP contribution in [0.2, 0.25) is 0 Å². The molecular formula is C17H22N6O5. The Morgan fingerprint density at radius 3 is 2.68 bits per heavy atom. The number of anilines is 1. The van der Waals surface area contributed by atoms with Gasteiger partial charge in [0, 0.05) is 17.0 Å². The van der Waals surface area contributed by atoms with E-state index >= 15 is 0 Å². The third-order valence-electron chi connectivity index (χ3n) is 3.55. The minimum Gasteiger partial charge on any atom is -0.490 e. The lowest BCUT2D eigenvalue weighted by Crippen LogP contribution is -2.24. The van der Waals surface area contributed by atoms with Crippen molar-refractivity contribution in [3.8, 4) is 11.5 Å². The van der Waals surface area contributed by atoms with Crippen LogP contribution in [-0.4, -0.2) is 40.0 Å². The topological polar surface area (TPSA) is 145 Å². The van der Waals surface area contributed by atoms with Gasteiger partial charge in [0.05, 0.1) is 24.9 Å². The fourth-order valence-electron chi connectivity index (χ4n) is 2.39. The highest BCUT2D eigenvalue weighted by Crippen LogP contribution is 2.37. The summed E-state index contributed by atoms with van der Waals surface area (Å²) in [6.07, 6.45) is 1.35. The summed E-state index contributed by atoms with van der Waals surface area (Å²) in [5, 5.41) is 21.7. The van der Waals surface area contributed by atoms with Crippen LogP contribution >= 0.6 is 0 Å². The lowest BCUT2D eigenvalue weighted by Gasteiger charge is -2.18. The number of hydrogen-bond donors (Lipinski definition) is 2. The lowest BCUT2D eigenvalue weighted by atomic mass is 9.92. The van der Waals surface area contributed by atoms with E-state index in [0.717, 1.165) is 0 Å². The number of nitrogens with one attached hydrogen (secondary N) is 2. The van der Waals surface area contributed by atoms with Crippen LogP contribution in [0.15, 0.2) is 22.0 Å². The molecule has 0 atom stereocenters. The maximum Gasteiger partial charge on any atom is 0.363 e. The molecule has 2 rings (SSSR count). The summed E-state index contributed by atoms with van der Waals surface area (Å²) < 4.78 is 10.5. The average molecular weight is 390 g/mol. The molecular weight excluding hydrogens is 368 g/mol. The second kappa shape index (κ2) is 8.46. The molecule has 28 heavy (non-hydrogen) atoms. The fraction of sp³-hybridized carbons (Fsp3) is 0.412. The quantitative estimate of drug-likeness (QED) is 0.416. The molecule has 0 amide bonds. The fourth-order valence-corrected chi connectivity index (χ4v) is 2.39. The zero-order valence-electron chi connectivity index (χ0n) is 16.3. The first-order valence-electron chi connectivity index (χ1n) is 8.42. The van der Waals surface area contributed by atoms with E-state index in [9.17, 15) is 14.9 Å². The van der Waals surface area contributed by atoms with Gasteiger partial charge in [0.1, 0.15) is 5.69 Å². The van der Waals surface area contributed by atoms with E-state index < -0.39 is 16.0 Å². The lowest BCUT2D eigenvalue weighted by molar-refractivity contribution is -0.385. The molecule has 1 aromatic carbocycles. The number of H-pyrrole nitrogens is 1. The molecule has 1 aromatic heterocycles. The Hall–Kier alpha value is -3.50. The van der Waals surface area contributed by atoms with Gasteiger partial charge < -0.3 is 9.47 Å². The monoisotopic (exact) mass is 390 g/mol. The number of benzene rings is 1. The molecule has 0 aliphatic heterocycles. The van der Waals surface area contributed by atoms with Crippen LogP contribution in [0.25, 0.3) is 0 Å². The average Bonchev–Trinajstić information content (AvgIpc) is 2.60. The highest BCUT2D eigenvalue weighted by Gasteiger charge is 2.23. The van der Waals surface area contributed by atoms with Crippen molar-refractivity contribution in [3.05, 3.63) is 44.0 Å². The van der Waals surface area contributed by atoms with Crippen molar-refractivity contribution in [2.45, 2.75) is 33.1 Å². The Labute approximate surface area is 160 Å². The van der Waals surface area contributed by atoms with Gasteiger partial charge in [0.15, 0.2) is 11.6 Å². The van der Waals surface area contributed by atoms with Crippen molar-refractivity contribution < 1.29 is 14.4 Å². The summed E-state index contributed by atoms with van der Waals surface area (Å²) in [5.74, 6) is 0.458. The van der Waals surface area contributed by atoms with Crippen molar-refractivity contribution in [1.82, 2.24) is 15.2 Å². The SMILES string of the molecule is CCOc1cc(/C=N/Nc2nc(=O)[nH]nc2C(C)(C)C)cc([N+](=O)[O-])c1OC. The van der Waals surface area contributed by atoms with Crippen LogP contribution in [0.3, 0.4) is 0 Å². The van der Waals surface area contributed by atoms with Crippen molar-refractivity contribution in [2.75, 3.05) is 19.1 Å². The molecule has 2 N–H and O–H groups in total. The van der Waals surface area contributed by atoms with E-state index in [1.807, 2.05) is 20.8 Å². The first-order valence-corrected chi connectivity index (χ1v) is 8.42. The molecule has 0 saturated heterocycles. The highest BCUT2D eigenvalue weighted by atomic mass is 16.6. The number of nitro benzene ring substituents is 1. The number of methoxy groups -OCH3 is 1. The van der Waals surface area contributed by atoms with Gasteiger partial charge in [0.2, 0.25) is 5.75 Å². The van der Waals surface area contributed by atoms with E-state index in [4.69, 9.17) is 9.47 Å². The molecule has 2 aromatic rings. The Balaban J connectivity index is 2.39. The maximum atomic E-state index is 11.5. The summed E-state index contributed by atoms with van der Waals surface area (Å²) in [7, 11) is 1.33. The second-order valence-electron chi connectivity index (χ2n) is 6.72. The Morgan fingerprint density at radius 1 is 1.39 bits per heavy atom. The first kappa shape index (κ1) is 20.8. The summed E-state index contributed by atoms with van der Waals surface area (Å²) in [5.41, 5.74) is 2.32. The van der Waals surface area contributed by atoms with E-state index in [1.165, 1.54) is 19.4 Å². The molecule has 0 aliphatic rings. The molecule has 0 bridgehead atoms. The molecule has 0 radical (unpaired) electrons. The van der Waals surface area contributed by atoms with Crippen molar-refractivity contribution in [1.29, 1.82) is 0 Å². The van der Waals surface area contributed by atoms with Crippen LogP contribution in [0.4, 0.5) is 11.5 Å². The van der Waals surface area contributed by atoms with Crippen molar-refractivity contribution in [2.24, 2.45) is 5.10 Å². The summed E-state index contributed by atoms with van der Waals surface area (Å²) in [6.45, 7) is 7.79. The standard InChI is InChI=1S/C17H22N6O5/c1-6-28-12-8-10(7-11(23(25)26)13(12)27-5)9-18-21-15-14(17(2,3)4)20-22-16(24)19-15/h7-9H,6H2,1-5H3,(H2,19,21,22,24)/b18-9+. The smallest absolute Gasteiger partial charge is 0.363 e. The zero-order valence-corrected chi connectivity index (χ0v) is 16.3. The minimum atomic E-state index is -0.621. The molecule has 0 fully saturated rings. The third kappa shape index (κ3) is 4.81. The minimum absolute atomic E-state index is 0.0347. The van der Waals surface area contributed by atoms with E-state index in [-0.39, 0.29) is 23.0 Å². The van der Waals surface area contributed by atoms with Crippen LogP contribution in [0.1, 0.15) is 39.0 Å². The Morgan fingerprint density at radius 2 is 2.11 bits per heavy atom. The first-order chi connectivity index (χ1) is 13.2. The largest absolute Gasteiger partial charge is 0.490 e. The number of aromatic nitrogens is 3. The van der Waals surface area contributed by atoms with Gasteiger partial charge in [-0.15, -0.1) is 0 Å². The van der Waals surface area contributed by atoms with E-state index in [2.05, 4.69) is 25.7 Å². The molecule has 0 unspecified atom stereocenters. The second-order valence-corrected chi connectivity index (χ2v) is 6.72. The van der Waals surface area contributed by atoms with Crippen molar-refractivity contribution in [3.63, 3.8) is 0 Å². The molecule has 11 heteroatoms. The van der Waals surface area contributed by atoms with E-state index in [1.54, 1.807) is 13.0 Å². The zero-order chi connectivity index (χ0) is 20.9. The summed E-state index contributed by atoms with van der Waals surface area (Å²) in [4.78, 5) is 26.1. The summed E-state index contributed by atoms with van der Waals surface area (Å²) >= 11 is 0. The van der Waals surface area contributed by atoms with Crippen LogP contribution in [0.5, 0.6) is 11.5 Å².